The van der Waals surface area contributed by atoms with Gasteiger partial charge in [0.25, 0.3) is 0 Å². The van der Waals surface area contributed by atoms with Crippen LogP contribution < -0.4 is 0 Å². The monoisotopic (exact) mass is 527 g/mol. The Hall–Kier alpha value is -1.50. The predicted molar refractivity (Wildman–Crippen MR) is 153 cm³/mol. The number of ether oxygens (including phenoxy) is 2. The summed E-state index contributed by atoms with van der Waals surface area (Å²) >= 11 is 1.55. The van der Waals surface area contributed by atoms with Crippen molar-refractivity contribution in [2.45, 2.75) is 111 Å². The third-order valence-corrected chi connectivity index (χ3v) is 7.51. The fourth-order valence-electron chi connectivity index (χ4n) is 4.06. The van der Waals surface area contributed by atoms with E-state index < -0.39 is 12.0 Å². The Kier molecular flexibility index (Phi) is 20.7. The van der Waals surface area contributed by atoms with Crippen molar-refractivity contribution in [2.24, 2.45) is 22.7 Å². The van der Waals surface area contributed by atoms with Crippen molar-refractivity contribution in [1.82, 2.24) is 0 Å². The zero-order valence-corrected chi connectivity index (χ0v) is 24.8. The van der Waals surface area contributed by atoms with Crippen LogP contribution in [-0.4, -0.2) is 54.7 Å². The number of nitrogens with zero attached hydrogens (tertiary/aromatic N) is 1. The second-order valence-corrected chi connectivity index (χ2v) is 11.7. The number of carbonyl (C=O) groups is 2. The van der Waals surface area contributed by atoms with E-state index in [-0.39, 0.29) is 24.7 Å². The highest BCUT2D eigenvalue weighted by Crippen LogP contribution is 2.22. The maximum Gasteiger partial charge on any atom is 0.329 e. The minimum Gasteiger partial charge on any atom is -0.484 e. The van der Waals surface area contributed by atoms with E-state index in [9.17, 15) is 14.7 Å². The topological polar surface area (TPSA) is 85.2 Å². The highest BCUT2D eigenvalue weighted by Gasteiger charge is 2.18. The number of esters is 1. The van der Waals surface area contributed by atoms with Crippen LogP contribution in [0, 0.1) is 17.8 Å². The minimum atomic E-state index is -0.991. The van der Waals surface area contributed by atoms with Crippen molar-refractivity contribution in [3.05, 3.63) is 11.6 Å². The molecule has 7 heteroatoms. The molecule has 210 valence electrons. The molecule has 0 saturated heterocycles. The van der Waals surface area contributed by atoms with Crippen LogP contribution in [0.3, 0.4) is 0 Å². The number of allylic oxidation sites excluding steroid dienone is 1. The van der Waals surface area contributed by atoms with Gasteiger partial charge in [-0.3, -0.25) is 4.79 Å². The average Bonchev–Trinajstić information content (AvgIpc) is 2.82. The number of aliphatic imine (C=N–C) groups is 1. The van der Waals surface area contributed by atoms with Gasteiger partial charge in [0.1, 0.15) is 0 Å². The van der Waals surface area contributed by atoms with Crippen molar-refractivity contribution in [1.29, 1.82) is 0 Å². The number of hydrogen-bond donors (Lipinski definition) is 1. The van der Waals surface area contributed by atoms with E-state index in [1.165, 1.54) is 71.2 Å². The van der Waals surface area contributed by atoms with Crippen LogP contribution in [0.2, 0.25) is 0 Å². The first-order valence-corrected chi connectivity index (χ1v) is 14.9. The summed E-state index contributed by atoms with van der Waals surface area (Å²) in [5, 5.41) is 9.48. The Morgan fingerprint density at radius 2 is 1.44 bits per heavy atom. The molecule has 0 radical (unpaired) electrons. The van der Waals surface area contributed by atoms with Crippen molar-refractivity contribution in [3.8, 4) is 0 Å². The number of thioether (sulfide) groups is 1. The SMILES string of the molecule is COC(=O)CCC(=NC(CSCC=C(C)CCCC(C)CCCC(C)CCCC(C)C)C(=O)O)OC. The van der Waals surface area contributed by atoms with Crippen molar-refractivity contribution in [3.63, 3.8) is 0 Å². The normalized spacial score (nSPS) is 15.0. The maximum absolute atomic E-state index is 11.6. The van der Waals surface area contributed by atoms with Gasteiger partial charge in [0, 0.05) is 17.9 Å². The van der Waals surface area contributed by atoms with Crippen LogP contribution in [0.25, 0.3) is 0 Å². The molecule has 3 unspecified atom stereocenters. The molecule has 0 rings (SSSR count). The van der Waals surface area contributed by atoms with Crippen LogP contribution >= 0.6 is 11.8 Å². The predicted octanol–water partition coefficient (Wildman–Crippen LogP) is 7.56. The van der Waals surface area contributed by atoms with E-state index in [2.05, 4.69) is 50.4 Å². The van der Waals surface area contributed by atoms with Crippen LogP contribution in [0.15, 0.2) is 16.6 Å². The summed E-state index contributed by atoms with van der Waals surface area (Å²) in [4.78, 5) is 27.1. The number of methoxy groups -OCH3 is 2. The van der Waals surface area contributed by atoms with Crippen molar-refractivity contribution >= 4 is 29.6 Å². The molecule has 0 fully saturated rings. The molecule has 0 aliphatic rings. The lowest BCUT2D eigenvalue weighted by atomic mass is 9.91. The molecule has 1 N–H and O–H groups in total. The Morgan fingerprint density at radius 3 is 1.97 bits per heavy atom. The Morgan fingerprint density at radius 1 is 0.861 bits per heavy atom. The number of hydrogen-bond acceptors (Lipinski definition) is 6. The summed E-state index contributed by atoms with van der Waals surface area (Å²) in [6.45, 7) is 11.6. The van der Waals surface area contributed by atoms with Crippen LogP contribution in [0.5, 0.6) is 0 Å². The van der Waals surface area contributed by atoms with Gasteiger partial charge in [0.15, 0.2) is 11.9 Å². The van der Waals surface area contributed by atoms with Gasteiger partial charge < -0.3 is 14.6 Å². The minimum absolute atomic E-state index is 0.112. The zero-order valence-electron chi connectivity index (χ0n) is 24.0. The molecule has 3 atom stereocenters. The van der Waals surface area contributed by atoms with Gasteiger partial charge in [-0.2, -0.15) is 11.8 Å². The Labute approximate surface area is 225 Å². The Balaban J connectivity index is 4.18. The summed E-state index contributed by atoms with van der Waals surface area (Å²) in [5.41, 5.74) is 1.36. The molecular weight excluding hydrogens is 474 g/mol. The fraction of sp³-hybridized carbons (Fsp3) is 0.828. The molecule has 0 spiro atoms. The molecule has 0 heterocycles. The number of rotatable bonds is 21. The smallest absolute Gasteiger partial charge is 0.329 e. The number of carboxylic acids is 1. The summed E-state index contributed by atoms with van der Waals surface area (Å²) in [5.74, 6) is 2.47. The van der Waals surface area contributed by atoms with E-state index in [1.807, 2.05) is 0 Å². The van der Waals surface area contributed by atoms with E-state index in [0.717, 1.165) is 29.9 Å². The number of aliphatic carboxylic acids is 1. The summed E-state index contributed by atoms with van der Waals surface area (Å²) in [6.07, 6.45) is 14.2. The highest BCUT2D eigenvalue weighted by atomic mass is 32.2. The second kappa shape index (κ2) is 21.6. The molecule has 0 saturated carbocycles. The molecule has 0 aromatic carbocycles. The van der Waals surface area contributed by atoms with E-state index in [0.29, 0.717) is 5.75 Å². The van der Waals surface area contributed by atoms with E-state index in [1.54, 1.807) is 11.8 Å². The number of carbonyl (C=O) groups excluding carboxylic acids is 1. The van der Waals surface area contributed by atoms with Gasteiger partial charge in [-0.25, -0.2) is 9.79 Å². The third kappa shape index (κ3) is 19.7. The molecule has 0 aromatic heterocycles. The van der Waals surface area contributed by atoms with Crippen LogP contribution in [0.4, 0.5) is 0 Å². The maximum atomic E-state index is 11.6. The molecular formula is C29H53NO5S. The molecule has 6 nitrogen and oxygen atoms in total. The molecule has 36 heavy (non-hydrogen) atoms. The largest absolute Gasteiger partial charge is 0.484 e. The second-order valence-electron chi connectivity index (χ2n) is 10.6. The Bertz CT molecular complexity index is 662. The van der Waals surface area contributed by atoms with Gasteiger partial charge in [-0.15, -0.1) is 0 Å². The quantitative estimate of drug-likeness (QED) is 0.0545. The van der Waals surface area contributed by atoms with Gasteiger partial charge in [-0.1, -0.05) is 84.3 Å². The van der Waals surface area contributed by atoms with Crippen molar-refractivity contribution in [2.75, 3.05) is 25.7 Å². The first-order chi connectivity index (χ1) is 17.1. The molecule has 0 amide bonds. The third-order valence-electron chi connectivity index (χ3n) is 6.56. The zero-order chi connectivity index (χ0) is 27.3. The van der Waals surface area contributed by atoms with Gasteiger partial charge in [0.2, 0.25) is 0 Å². The first-order valence-electron chi connectivity index (χ1n) is 13.7. The summed E-state index contributed by atoms with van der Waals surface area (Å²) in [6, 6.07) is -0.893. The molecule has 0 aromatic rings. The highest BCUT2D eigenvalue weighted by molar-refractivity contribution is 7.99. The standard InChI is InChI=1S/C29H53NO5S/c1-22(2)11-8-12-23(3)13-9-14-24(4)15-10-16-25(5)19-20-36-21-26(29(32)33)30-27(34-6)17-18-28(31)35-7/h19,22-24,26H,8-18,20-21H2,1-7H3,(H,32,33). The average molecular weight is 528 g/mol. The van der Waals surface area contributed by atoms with Crippen LogP contribution in [0.1, 0.15) is 105 Å². The lowest BCUT2D eigenvalue weighted by Gasteiger charge is -2.15. The molecule has 0 aliphatic carbocycles. The number of carboxylic acid groups (broad SMARTS) is 1. The molecule has 0 aliphatic heterocycles. The summed E-state index contributed by atoms with van der Waals surface area (Å²) < 4.78 is 9.76. The van der Waals surface area contributed by atoms with E-state index in [4.69, 9.17) is 4.74 Å². The van der Waals surface area contributed by atoms with Crippen molar-refractivity contribution < 1.29 is 24.2 Å². The van der Waals surface area contributed by atoms with Gasteiger partial charge >= 0.3 is 11.9 Å². The first kappa shape index (κ1) is 34.5. The summed E-state index contributed by atoms with van der Waals surface area (Å²) in [7, 11) is 2.75. The lowest BCUT2D eigenvalue weighted by molar-refractivity contribution is -0.140. The lowest BCUT2D eigenvalue weighted by Crippen LogP contribution is -2.23. The van der Waals surface area contributed by atoms with Crippen LogP contribution in [-0.2, 0) is 19.1 Å². The molecule has 0 bridgehead atoms. The van der Waals surface area contributed by atoms with Gasteiger partial charge in [-0.05, 0) is 37.5 Å². The van der Waals surface area contributed by atoms with Gasteiger partial charge in [0.05, 0.1) is 20.6 Å². The fourth-order valence-corrected chi connectivity index (χ4v) is 5.04. The van der Waals surface area contributed by atoms with E-state index >= 15 is 0 Å².